The Balaban J connectivity index is 2.07. The molecule has 0 spiro atoms. The smallest absolute Gasteiger partial charge is 0.248 e. The fourth-order valence-electron chi connectivity index (χ4n) is 2.62. The third-order valence-electron chi connectivity index (χ3n) is 3.87. The first kappa shape index (κ1) is 14.6. The summed E-state index contributed by atoms with van der Waals surface area (Å²) < 4.78 is 5.30. The van der Waals surface area contributed by atoms with Crippen molar-refractivity contribution in [1.82, 2.24) is 10.2 Å². The van der Waals surface area contributed by atoms with E-state index in [1.165, 1.54) is 0 Å². The monoisotopic (exact) mass is 278 g/mol. The summed E-state index contributed by atoms with van der Waals surface area (Å²) in [5.74, 6) is 0.772. The molecule has 1 saturated heterocycles. The number of nitrogens with one attached hydrogen (secondary N) is 1. The highest BCUT2D eigenvalue weighted by molar-refractivity contribution is 5.99. The van der Waals surface area contributed by atoms with Gasteiger partial charge in [-0.1, -0.05) is 0 Å². The zero-order valence-electron chi connectivity index (χ0n) is 12.5. The second-order valence-electron chi connectivity index (χ2n) is 5.97. The van der Waals surface area contributed by atoms with Gasteiger partial charge >= 0.3 is 0 Å². The summed E-state index contributed by atoms with van der Waals surface area (Å²) in [5.41, 5.74) is -0.831. The average Bonchev–Trinajstić information content (AvgIpc) is 2.87. The van der Waals surface area contributed by atoms with Crippen LogP contribution in [0, 0.1) is 0 Å². The molecule has 0 radical (unpaired) electrons. The van der Waals surface area contributed by atoms with Gasteiger partial charge in [-0.3, -0.25) is 9.59 Å². The van der Waals surface area contributed by atoms with Gasteiger partial charge in [0, 0.05) is 12.5 Å². The van der Waals surface area contributed by atoms with E-state index in [1.807, 2.05) is 19.1 Å². The molecule has 110 valence electrons. The summed E-state index contributed by atoms with van der Waals surface area (Å²) in [6, 6.07) is 3.34. The van der Waals surface area contributed by atoms with Crippen molar-refractivity contribution in [3.8, 4) is 0 Å². The molecule has 0 saturated carbocycles. The average molecular weight is 278 g/mol. The molecule has 2 atom stereocenters. The van der Waals surface area contributed by atoms with Crippen molar-refractivity contribution in [2.24, 2.45) is 0 Å². The van der Waals surface area contributed by atoms with Gasteiger partial charge in [-0.05, 0) is 46.2 Å². The molecule has 1 fully saturated rings. The predicted molar refractivity (Wildman–Crippen MR) is 75.0 cm³/mol. The van der Waals surface area contributed by atoms with Crippen molar-refractivity contribution < 1.29 is 14.0 Å². The molecule has 1 aliphatic heterocycles. The zero-order chi connectivity index (χ0) is 14.9. The van der Waals surface area contributed by atoms with E-state index in [9.17, 15) is 9.59 Å². The summed E-state index contributed by atoms with van der Waals surface area (Å²) in [7, 11) is 0. The van der Waals surface area contributed by atoms with Gasteiger partial charge in [0.1, 0.15) is 17.3 Å². The Kier molecular flexibility index (Phi) is 3.88. The molecule has 2 unspecified atom stereocenters. The van der Waals surface area contributed by atoms with E-state index in [0.717, 1.165) is 18.6 Å². The highest BCUT2D eigenvalue weighted by atomic mass is 16.3. The molecule has 5 nitrogen and oxygen atoms in total. The second kappa shape index (κ2) is 5.31. The number of aryl methyl sites for hydroxylation is 1. The lowest BCUT2D eigenvalue weighted by molar-refractivity contribution is -0.155. The Morgan fingerprint density at radius 2 is 2.15 bits per heavy atom. The van der Waals surface area contributed by atoms with Crippen molar-refractivity contribution in [2.75, 3.05) is 0 Å². The van der Waals surface area contributed by atoms with Crippen molar-refractivity contribution in [3.63, 3.8) is 0 Å². The lowest BCUT2D eigenvalue weighted by Gasteiger charge is -2.44. The van der Waals surface area contributed by atoms with Crippen molar-refractivity contribution in [3.05, 3.63) is 24.2 Å². The number of carbonyl (C=O) groups excluding carboxylic acids is 2. The minimum absolute atomic E-state index is 0.00655. The predicted octanol–water partition coefficient (Wildman–Crippen LogP) is 1.73. The molecule has 2 amide bonds. The molecule has 1 aliphatic rings. The number of furan rings is 1. The number of rotatable bonds is 4. The molecule has 0 aliphatic carbocycles. The molecule has 2 rings (SSSR count). The number of hydrogen-bond acceptors (Lipinski definition) is 3. The van der Waals surface area contributed by atoms with Crippen LogP contribution in [0.5, 0.6) is 0 Å². The molecule has 5 heteroatoms. The van der Waals surface area contributed by atoms with Crippen LogP contribution in [0.15, 0.2) is 22.8 Å². The second-order valence-corrected chi connectivity index (χ2v) is 5.97. The van der Waals surface area contributed by atoms with E-state index in [2.05, 4.69) is 5.32 Å². The summed E-state index contributed by atoms with van der Waals surface area (Å²) >= 11 is 0. The maximum atomic E-state index is 12.5. The summed E-state index contributed by atoms with van der Waals surface area (Å²) in [6.45, 7) is 7.23. The van der Waals surface area contributed by atoms with E-state index in [-0.39, 0.29) is 17.9 Å². The SMILES string of the molecule is CC(CCc1ccco1)N1C(=O)C(C)(C)NC(=O)C1C. The van der Waals surface area contributed by atoms with E-state index < -0.39 is 11.6 Å². The van der Waals surface area contributed by atoms with Crippen LogP contribution in [-0.2, 0) is 16.0 Å². The third-order valence-corrected chi connectivity index (χ3v) is 3.87. The molecule has 20 heavy (non-hydrogen) atoms. The first-order valence-electron chi connectivity index (χ1n) is 7.00. The molecule has 0 aromatic carbocycles. The van der Waals surface area contributed by atoms with Crippen molar-refractivity contribution in [2.45, 2.75) is 58.2 Å². The van der Waals surface area contributed by atoms with Crippen LogP contribution in [0.2, 0.25) is 0 Å². The number of nitrogens with zero attached hydrogens (tertiary/aromatic N) is 1. The number of hydrogen-bond donors (Lipinski definition) is 1. The highest BCUT2D eigenvalue weighted by Gasteiger charge is 2.44. The molecular weight excluding hydrogens is 256 g/mol. The van der Waals surface area contributed by atoms with Crippen LogP contribution in [0.4, 0.5) is 0 Å². The first-order chi connectivity index (χ1) is 9.33. The van der Waals surface area contributed by atoms with Gasteiger partial charge in [-0.2, -0.15) is 0 Å². The van der Waals surface area contributed by atoms with Crippen molar-refractivity contribution >= 4 is 11.8 Å². The van der Waals surface area contributed by atoms with Crippen LogP contribution in [0.25, 0.3) is 0 Å². The van der Waals surface area contributed by atoms with E-state index >= 15 is 0 Å². The Morgan fingerprint density at radius 3 is 2.75 bits per heavy atom. The van der Waals surface area contributed by atoms with E-state index in [1.54, 1.807) is 31.9 Å². The van der Waals surface area contributed by atoms with Gasteiger partial charge in [-0.15, -0.1) is 0 Å². The Hall–Kier alpha value is -1.78. The summed E-state index contributed by atoms with van der Waals surface area (Å²) in [6.07, 6.45) is 3.17. The Bertz CT molecular complexity index is 493. The van der Waals surface area contributed by atoms with E-state index in [0.29, 0.717) is 0 Å². The largest absolute Gasteiger partial charge is 0.469 e. The van der Waals surface area contributed by atoms with E-state index in [4.69, 9.17) is 4.42 Å². The van der Waals surface area contributed by atoms with Crippen molar-refractivity contribution in [1.29, 1.82) is 0 Å². The molecular formula is C15H22N2O3. The van der Waals surface area contributed by atoms with Gasteiger partial charge in [0.15, 0.2) is 0 Å². The number of carbonyl (C=O) groups is 2. The lowest BCUT2D eigenvalue weighted by atomic mass is 9.94. The minimum atomic E-state index is -0.831. The minimum Gasteiger partial charge on any atom is -0.469 e. The van der Waals surface area contributed by atoms with Crippen LogP contribution >= 0.6 is 0 Å². The Morgan fingerprint density at radius 1 is 1.45 bits per heavy atom. The van der Waals surface area contributed by atoms with Gasteiger partial charge < -0.3 is 14.6 Å². The van der Waals surface area contributed by atoms with Crippen LogP contribution < -0.4 is 5.32 Å². The van der Waals surface area contributed by atoms with Crippen LogP contribution in [-0.4, -0.2) is 34.3 Å². The number of piperazine rings is 1. The quantitative estimate of drug-likeness (QED) is 0.912. The maximum Gasteiger partial charge on any atom is 0.248 e. The topological polar surface area (TPSA) is 62.6 Å². The number of amides is 2. The van der Waals surface area contributed by atoms with Crippen LogP contribution in [0.1, 0.15) is 39.9 Å². The van der Waals surface area contributed by atoms with Gasteiger partial charge in [0.2, 0.25) is 11.8 Å². The van der Waals surface area contributed by atoms with Gasteiger partial charge in [-0.25, -0.2) is 0 Å². The standard InChI is InChI=1S/C15H22N2O3/c1-10(7-8-12-6-5-9-20-12)17-11(2)13(18)16-15(3,4)14(17)19/h5-6,9-11H,7-8H2,1-4H3,(H,16,18). The summed E-state index contributed by atoms with van der Waals surface area (Å²) in [5, 5.41) is 2.76. The van der Waals surface area contributed by atoms with Gasteiger partial charge in [0.25, 0.3) is 0 Å². The first-order valence-corrected chi connectivity index (χ1v) is 7.00. The molecule has 1 N–H and O–H groups in total. The molecule has 1 aromatic heterocycles. The highest BCUT2D eigenvalue weighted by Crippen LogP contribution is 2.22. The third kappa shape index (κ3) is 2.71. The fraction of sp³-hybridized carbons (Fsp3) is 0.600. The van der Waals surface area contributed by atoms with Crippen LogP contribution in [0.3, 0.4) is 0 Å². The normalized spacial score (nSPS) is 23.6. The fourth-order valence-corrected chi connectivity index (χ4v) is 2.62. The molecule has 1 aromatic rings. The molecule has 2 heterocycles. The summed E-state index contributed by atoms with van der Waals surface area (Å²) in [4.78, 5) is 26.2. The Labute approximate surface area is 119 Å². The zero-order valence-corrected chi connectivity index (χ0v) is 12.5. The maximum absolute atomic E-state index is 12.5. The molecule has 0 bridgehead atoms. The lowest BCUT2D eigenvalue weighted by Crippen LogP contribution is -2.69. The van der Waals surface area contributed by atoms with Gasteiger partial charge in [0.05, 0.1) is 6.26 Å².